The number of hydroxylamine groups is 1. The van der Waals surface area contributed by atoms with Gasteiger partial charge < -0.3 is 0 Å². The van der Waals surface area contributed by atoms with Crippen LogP contribution in [0.15, 0.2) is 60.7 Å². The maximum Gasteiger partial charge on any atom is 0.188 e. The van der Waals surface area contributed by atoms with E-state index in [-0.39, 0.29) is 17.9 Å². The van der Waals surface area contributed by atoms with Crippen LogP contribution < -0.4 is 5.06 Å². The molecule has 1 saturated heterocycles. The van der Waals surface area contributed by atoms with E-state index >= 15 is 0 Å². The van der Waals surface area contributed by atoms with E-state index in [0.717, 1.165) is 30.5 Å². The van der Waals surface area contributed by atoms with Crippen molar-refractivity contribution in [1.82, 2.24) is 0 Å². The van der Waals surface area contributed by atoms with E-state index in [0.29, 0.717) is 5.92 Å². The quantitative estimate of drug-likeness (QED) is 0.805. The number of anilines is 1. The first kappa shape index (κ1) is 13.5. The van der Waals surface area contributed by atoms with Gasteiger partial charge in [0, 0.05) is 11.5 Å². The molecule has 0 amide bonds. The third-order valence-electron chi connectivity index (χ3n) is 4.75. The van der Waals surface area contributed by atoms with Gasteiger partial charge in [-0.05, 0) is 25.0 Å². The number of fused-ring (bicyclic) bond motifs is 1. The van der Waals surface area contributed by atoms with Crippen LogP contribution >= 0.6 is 0 Å². The molecule has 0 aromatic heterocycles. The molecule has 1 aliphatic carbocycles. The van der Waals surface area contributed by atoms with Crippen LogP contribution in [0.25, 0.3) is 0 Å². The summed E-state index contributed by atoms with van der Waals surface area (Å²) < 4.78 is 0. The van der Waals surface area contributed by atoms with E-state index in [9.17, 15) is 4.79 Å². The summed E-state index contributed by atoms with van der Waals surface area (Å²) >= 11 is 0. The predicted molar refractivity (Wildman–Crippen MR) is 85.7 cm³/mol. The number of carbonyl (C=O) groups is 1. The van der Waals surface area contributed by atoms with E-state index in [4.69, 9.17) is 4.84 Å². The minimum atomic E-state index is -0.211. The Morgan fingerprint density at radius 3 is 2.36 bits per heavy atom. The van der Waals surface area contributed by atoms with Crippen molar-refractivity contribution >= 4 is 11.5 Å². The lowest BCUT2D eigenvalue weighted by molar-refractivity contribution is 0.0745. The van der Waals surface area contributed by atoms with Gasteiger partial charge in [0.1, 0.15) is 6.04 Å². The molecule has 2 fully saturated rings. The lowest BCUT2D eigenvalue weighted by Crippen LogP contribution is -2.39. The highest BCUT2D eigenvalue weighted by atomic mass is 16.7. The second kappa shape index (κ2) is 5.58. The van der Waals surface area contributed by atoms with E-state index < -0.39 is 0 Å². The normalized spacial score (nSPS) is 26.9. The van der Waals surface area contributed by atoms with Crippen LogP contribution in [0.1, 0.15) is 29.6 Å². The van der Waals surface area contributed by atoms with Crippen LogP contribution in [-0.4, -0.2) is 17.9 Å². The van der Waals surface area contributed by atoms with Gasteiger partial charge >= 0.3 is 0 Å². The molecule has 112 valence electrons. The van der Waals surface area contributed by atoms with E-state index in [2.05, 4.69) is 0 Å². The van der Waals surface area contributed by atoms with Crippen LogP contribution in [0, 0.1) is 5.92 Å². The van der Waals surface area contributed by atoms with Gasteiger partial charge in [-0.1, -0.05) is 55.0 Å². The zero-order valence-electron chi connectivity index (χ0n) is 12.4. The molecule has 3 heteroatoms. The Morgan fingerprint density at radius 1 is 0.955 bits per heavy atom. The smallest absolute Gasteiger partial charge is 0.188 e. The van der Waals surface area contributed by atoms with Crippen molar-refractivity contribution in [2.24, 2.45) is 5.92 Å². The van der Waals surface area contributed by atoms with E-state index in [1.54, 1.807) is 0 Å². The zero-order chi connectivity index (χ0) is 14.9. The highest BCUT2D eigenvalue weighted by molar-refractivity contribution is 6.02. The Labute approximate surface area is 130 Å². The second-order valence-corrected chi connectivity index (χ2v) is 6.08. The van der Waals surface area contributed by atoms with Crippen LogP contribution in [0.4, 0.5) is 5.69 Å². The molecule has 1 aliphatic heterocycles. The van der Waals surface area contributed by atoms with Crippen molar-refractivity contribution in [3.8, 4) is 0 Å². The number of benzene rings is 2. The van der Waals surface area contributed by atoms with Crippen LogP contribution in [0.2, 0.25) is 0 Å². The van der Waals surface area contributed by atoms with Gasteiger partial charge in [-0.15, -0.1) is 0 Å². The molecule has 0 spiro atoms. The Bertz CT molecular complexity index is 656. The third kappa shape index (κ3) is 2.22. The molecule has 3 unspecified atom stereocenters. The molecule has 4 rings (SSSR count). The summed E-state index contributed by atoms with van der Waals surface area (Å²) in [6, 6.07) is 19.3. The number of Topliss-reactive ketones (excluding diaryl/α,β-unsaturated/α-hetero) is 1. The van der Waals surface area contributed by atoms with Crippen LogP contribution in [0.3, 0.4) is 0 Å². The van der Waals surface area contributed by atoms with Crippen LogP contribution in [0.5, 0.6) is 0 Å². The molecule has 3 nitrogen and oxygen atoms in total. The summed E-state index contributed by atoms with van der Waals surface area (Å²) in [5.74, 6) is 0.465. The fourth-order valence-corrected chi connectivity index (χ4v) is 3.70. The van der Waals surface area contributed by atoms with Crippen molar-refractivity contribution in [3.63, 3.8) is 0 Å². The minimum Gasteiger partial charge on any atom is -0.292 e. The lowest BCUT2D eigenvalue weighted by atomic mass is 9.90. The van der Waals surface area contributed by atoms with Gasteiger partial charge in [0.2, 0.25) is 0 Å². The Hall–Kier alpha value is -2.13. The van der Waals surface area contributed by atoms with Crippen molar-refractivity contribution in [2.45, 2.75) is 31.4 Å². The number of nitrogens with zero attached hydrogens (tertiary/aromatic N) is 1. The molecule has 2 aromatic rings. The second-order valence-electron chi connectivity index (χ2n) is 6.08. The Kier molecular flexibility index (Phi) is 3.43. The van der Waals surface area contributed by atoms with Gasteiger partial charge in [-0.3, -0.25) is 9.63 Å². The summed E-state index contributed by atoms with van der Waals surface area (Å²) in [5, 5.41) is 1.85. The average molecular weight is 293 g/mol. The standard InChI is InChI=1S/C19H19NO2/c21-19(14-8-3-1-4-9-14)18-16-12-7-13-17(16)22-20(18)15-10-5-2-6-11-15/h1-6,8-11,16-18H,7,12-13H2. The topological polar surface area (TPSA) is 29.5 Å². The monoisotopic (exact) mass is 293 g/mol. The highest BCUT2D eigenvalue weighted by Crippen LogP contribution is 2.42. The Balaban J connectivity index is 1.71. The van der Waals surface area contributed by atoms with Gasteiger partial charge in [0.05, 0.1) is 11.8 Å². The summed E-state index contributed by atoms with van der Waals surface area (Å²) in [5.41, 5.74) is 1.73. The molecule has 2 aromatic carbocycles. The summed E-state index contributed by atoms with van der Waals surface area (Å²) in [4.78, 5) is 19.2. The number of ketones is 1. The molecule has 1 saturated carbocycles. The summed E-state index contributed by atoms with van der Waals surface area (Å²) in [7, 11) is 0. The maximum atomic E-state index is 13.1. The molecule has 2 aliphatic rings. The third-order valence-corrected chi connectivity index (χ3v) is 4.75. The van der Waals surface area contributed by atoms with E-state index in [1.165, 1.54) is 0 Å². The SMILES string of the molecule is O=C(c1ccccc1)C1C2CCCC2ON1c1ccccc1. The van der Waals surface area contributed by atoms with E-state index in [1.807, 2.05) is 65.7 Å². The number of carbonyl (C=O) groups excluding carboxylic acids is 1. The first-order valence-corrected chi connectivity index (χ1v) is 7.95. The Morgan fingerprint density at radius 2 is 1.64 bits per heavy atom. The number of hydrogen-bond acceptors (Lipinski definition) is 3. The fourth-order valence-electron chi connectivity index (χ4n) is 3.70. The predicted octanol–water partition coefficient (Wildman–Crippen LogP) is 3.86. The molecular weight excluding hydrogens is 274 g/mol. The van der Waals surface area contributed by atoms with Gasteiger partial charge in [-0.2, -0.15) is 0 Å². The number of hydrogen-bond donors (Lipinski definition) is 0. The number of rotatable bonds is 3. The molecule has 0 bridgehead atoms. The number of para-hydroxylation sites is 1. The fraction of sp³-hybridized carbons (Fsp3) is 0.316. The zero-order valence-corrected chi connectivity index (χ0v) is 12.4. The van der Waals surface area contributed by atoms with Gasteiger partial charge in [0.15, 0.2) is 5.78 Å². The maximum absolute atomic E-state index is 13.1. The average Bonchev–Trinajstić information content (AvgIpc) is 3.16. The first-order chi connectivity index (χ1) is 10.8. The molecule has 0 N–H and O–H groups in total. The lowest BCUT2D eigenvalue weighted by Gasteiger charge is -2.26. The summed E-state index contributed by atoms with van der Waals surface area (Å²) in [6.07, 6.45) is 3.44. The first-order valence-electron chi connectivity index (χ1n) is 7.95. The molecule has 0 radical (unpaired) electrons. The molecule has 22 heavy (non-hydrogen) atoms. The molecular formula is C19H19NO2. The van der Waals surface area contributed by atoms with Crippen molar-refractivity contribution < 1.29 is 9.63 Å². The molecule has 3 atom stereocenters. The van der Waals surface area contributed by atoms with Gasteiger partial charge in [0.25, 0.3) is 0 Å². The van der Waals surface area contributed by atoms with Crippen molar-refractivity contribution in [2.75, 3.05) is 5.06 Å². The van der Waals surface area contributed by atoms with Crippen molar-refractivity contribution in [3.05, 3.63) is 66.2 Å². The van der Waals surface area contributed by atoms with Crippen LogP contribution in [-0.2, 0) is 4.84 Å². The highest BCUT2D eigenvalue weighted by Gasteiger charge is 2.49. The largest absolute Gasteiger partial charge is 0.292 e. The van der Waals surface area contributed by atoms with Crippen molar-refractivity contribution in [1.29, 1.82) is 0 Å². The molecule has 1 heterocycles. The van der Waals surface area contributed by atoms with Gasteiger partial charge in [-0.25, -0.2) is 5.06 Å². The minimum absolute atomic E-state index is 0.166. The summed E-state index contributed by atoms with van der Waals surface area (Å²) in [6.45, 7) is 0.